The van der Waals surface area contributed by atoms with Crippen molar-refractivity contribution < 1.29 is 23.9 Å². The molecule has 0 bridgehead atoms. The zero-order chi connectivity index (χ0) is 25.8. The number of amides is 3. The highest BCUT2D eigenvalue weighted by Crippen LogP contribution is 2.30. The third-order valence-corrected chi connectivity index (χ3v) is 6.85. The molecule has 0 radical (unpaired) electrons. The zero-order valence-electron chi connectivity index (χ0n) is 20.6. The number of piperidine rings is 1. The van der Waals surface area contributed by atoms with Crippen LogP contribution in [0.15, 0.2) is 60.7 Å². The molecule has 1 fully saturated rings. The molecule has 0 aromatic heterocycles. The van der Waals surface area contributed by atoms with Crippen LogP contribution in [0.3, 0.4) is 0 Å². The molecule has 3 aromatic carbocycles. The second-order valence-electron chi connectivity index (χ2n) is 9.38. The van der Waals surface area contributed by atoms with Crippen molar-refractivity contribution in [2.75, 3.05) is 36.5 Å². The predicted octanol–water partition coefficient (Wildman–Crippen LogP) is 4.39. The van der Waals surface area contributed by atoms with Gasteiger partial charge >= 0.3 is 5.97 Å². The number of nitrogens with one attached hydrogen (secondary N) is 1. The minimum absolute atomic E-state index is 0.0132. The third-order valence-electron chi connectivity index (χ3n) is 6.85. The van der Waals surface area contributed by atoms with Gasteiger partial charge in [0.2, 0.25) is 0 Å². The zero-order valence-corrected chi connectivity index (χ0v) is 20.6. The highest BCUT2D eigenvalue weighted by atomic mass is 16.5. The quantitative estimate of drug-likeness (QED) is 0.365. The Balaban J connectivity index is 1.07. The maximum Gasteiger partial charge on any atom is 0.306 e. The number of esters is 1. The van der Waals surface area contributed by atoms with Gasteiger partial charge in [0.1, 0.15) is 0 Å². The number of imide groups is 1. The predicted molar refractivity (Wildman–Crippen MR) is 141 cm³/mol. The number of carbonyl (C=O) groups excluding carboxylic acids is 4. The first-order valence-electron chi connectivity index (χ1n) is 12.7. The van der Waals surface area contributed by atoms with Gasteiger partial charge < -0.3 is 15.0 Å². The van der Waals surface area contributed by atoms with E-state index >= 15 is 0 Å². The molecule has 1 N–H and O–H groups in total. The molecular formula is C29H29N3O5. The molecule has 2 aliphatic rings. The normalized spacial score (nSPS) is 15.1. The molecule has 2 aliphatic heterocycles. The number of ether oxygens (including phenoxy) is 1. The second kappa shape index (κ2) is 10.8. The van der Waals surface area contributed by atoms with Crippen molar-refractivity contribution in [1.82, 2.24) is 4.90 Å². The first kappa shape index (κ1) is 24.5. The highest BCUT2D eigenvalue weighted by molar-refractivity contribution is 6.25. The topological polar surface area (TPSA) is 96.0 Å². The van der Waals surface area contributed by atoms with E-state index in [4.69, 9.17) is 4.74 Å². The lowest BCUT2D eigenvalue weighted by Crippen LogP contribution is -2.41. The molecule has 0 atom stereocenters. The van der Waals surface area contributed by atoms with Crippen molar-refractivity contribution in [3.8, 4) is 0 Å². The summed E-state index contributed by atoms with van der Waals surface area (Å²) in [6, 6.07) is 18.4. The van der Waals surface area contributed by atoms with Crippen molar-refractivity contribution in [2.45, 2.75) is 32.1 Å². The summed E-state index contributed by atoms with van der Waals surface area (Å²) >= 11 is 0. The fourth-order valence-electron chi connectivity index (χ4n) is 4.99. The van der Waals surface area contributed by atoms with Crippen LogP contribution in [0.5, 0.6) is 0 Å². The molecule has 0 saturated carbocycles. The number of carbonyl (C=O) groups is 4. The van der Waals surface area contributed by atoms with E-state index < -0.39 is 18.5 Å². The van der Waals surface area contributed by atoms with E-state index in [0.717, 1.165) is 24.2 Å². The number of anilines is 2. The number of hydrogen-bond acceptors (Lipinski definition) is 6. The molecule has 8 heteroatoms. The van der Waals surface area contributed by atoms with Crippen LogP contribution in [0.2, 0.25) is 0 Å². The van der Waals surface area contributed by atoms with Gasteiger partial charge in [-0.15, -0.1) is 0 Å². The van der Waals surface area contributed by atoms with Crippen molar-refractivity contribution in [3.63, 3.8) is 0 Å². The van der Waals surface area contributed by atoms with Crippen molar-refractivity contribution in [1.29, 1.82) is 0 Å². The lowest BCUT2D eigenvalue weighted by atomic mass is 9.94. The molecule has 5 rings (SSSR count). The minimum atomic E-state index is -0.560. The first-order chi connectivity index (χ1) is 18.0. The number of hydrogen-bond donors (Lipinski definition) is 1. The van der Waals surface area contributed by atoms with Crippen LogP contribution in [-0.4, -0.2) is 54.8 Å². The molecule has 0 unspecified atom stereocenters. The van der Waals surface area contributed by atoms with Crippen molar-refractivity contribution >= 4 is 45.8 Å². The summed E-state index contributed by atoms with van der Waals surface area (Å²) in [4.78, 5) is 53.8. The van der Waals surface area contributed by atoms with Crippen molar-refractivity contribution in [3.05, 3.63) is 71.8 Å². The Kier molecular flexibility index (Phi) is 7.16. The molecule has 1 saturated heterocycles. The summed E-state index contributed by atoms with van der Waals surface area (Å²) in [6.45, 7) is 1.78. The first-order valence-corrected chi connectivity index (χ1v) is 12.7. The Labute approximate surface area is 215 Å². The lowest BCUT2D eigenvalue weighted by molar-refractivity contribution is -0.147. The third kappa shape index (κ3) is 5.33. The fourth-order valence-corrected chi connectivity index (χ4v) is 4.99. The van der Waals surface area contributed by atoms with Crippen LogP contribution in [0, 0.1) is 0 Å². The molecule has 0 spiro atoms. The summed E-state index contributed by atoms with van der Waals surface area (Å²) < 4.78 is 5.09. The van der Waals surface area contributed by atoms with Gasteiger partial charge in [0.25, 0.3) is 17.7 Å². The molecule has 0 aliphatic carbocycles. The standard InChI is InChI=1S/C29H29N3O5/c33-25(30-21-12-14-22(15-13-21)31-16-2-1-3-17-31)19-37-26(34)11-6-18-32-28(35)23-9-4-7-20-8-5-10-24(27(20)23)29(32)36/h4-5,7-10,12-15H,1-3,6,11,16-19H2,(H,30,33). The van der Waals surface area contributed by atoms with Gasteiger partial charge in [0.15, 0.2) is 6.61 Å². The molecular weight excluding hydrogens is 470 g/mol. The Morgan fingerprint density at radius 3 is 2.14 bits per heavy atom. The maximum atomic E-state index is 12.9. The number of benzene rings is 3. The van der Waals surface area contributed by atoms with Gasteiger partial charge in [0, 0.05) is 53.9 Å². The Hall–Kier alpha value is -4.20. The SMILES string of the molecule is O=C(COC(=O)CCCN1C(=O)c2cccc3cccc(c23)C1=O)Nc1ccc(N2CCCCC2)cc1. The maximum absolute atomic E-state index is 12.9. The van der Waals surface area contributed by atoms with Crippen molar-refractivity contribution in [2.24, 2.45) is 0 Å². The van der Waals surface area contributed by atoms with Crippen LogP contribution in [0.1, 0.15) is 52.8 Å². The Bertz CT molecular complexity index is 1290. The smallest absolute Gasteiger partial charge is 0.306 e. The average molecular weight is 500 g/mol. The monoisotopic (exact) mass is 499 g/mol. The minimum Gasteiger partial charge on any atom is -0.456 e. The molecule has 37 heavy (non-hydrogen) atoms. The number of nitrogens with zero attached hydrogens (tertiary/aromatic N) is 2. The van der Waals surface area contributed by atoms with Gasteiger partial charge in [-0.05, 0) is 67.5 Å². The fraction of sp³-hybridized carbons (Fsp3) is 0.310. The molecule has 3 aromatic rings. The summed E-state index contributed by atoms with van der Waals surface area (Å²) in [7, 11) is 0. The van der Waals surface area contributed by atoms with E-state index in [2.05, 4.69) is 10.2 Å². The van der Waals surface area contributed by atoms with Gasteiger partial charge in [-0.1, -0.05) is 24.3 Å². The van der Waals surface area contributed by atoms with Crippen LogP contribution in [-0.2, 0) is 14.3 Å². The van der Waals surface area contributed by atoms with Crippen LogP contribution < -0.4 is 10.2 Å². The van der Waals surface area contributed by atoms with Gasteiger partial charge in [0.05, 0.1) is 0 Å². The largest absolute Gasteiger partial charge is 0.456 e. The number of rotatable bonds is 8. The summed E-state index contributed by atoms with van der Waals surface area (Å²) in [5.41, 5.74) is 2.74. The summed E-state index contributed by atoms with van der Waals surface area (Å²) in [5.74, 6) is -1.72. The average Bonchev–Trinajstić information content (AvgIpc) is 2.93. The van der Waals surface area contributed by atoms with Gasteiger partial charge in [-0.3, -0.25) is 24.1 Å². The molecule has 190 valence electrons. The molecule has 3 amide bonds. The lowest BCUT2D eigenvalue weighted by Gasteiger charge is -2.28. The van der Waals surface area contributed by atoms with E-state index in [1.165, 1.54) is 24.2 Å². The van der Waals surface area contributed by atoms with E-state index in [0.29, 0.717) is 22.2 Å². The summed E-state index contributed by atoms with van der Waals surface area (Å²) in [5, 5.41) is 4.25. The van der Waals surface area contributed by atoms with Crippen LogP contribution in [0.4, 0.5) is 11.4 Å². The second-order valence-corrected chi connectivity index (χ2v) is 9.38. The Morgan fingerprint density at radius 1 is 0.838 bits per heavy atom. The van der Waals surface area contributed by atoms with Gasteiger partial charge in [-0.2, -0.15) is 0 Å². The van der Waals surface area contributed by atoms with Crippen LogP contribution in [0.25, 0.3) is 10.8 Å². The van der Waals surface area contributed by atoms with E-state index in [-0.39, 0.29) is 31.2 Å². The Morgan fingerprint density at radius 2 is 1.49 bits per heavy atom. The van der Waals surface area contributed by atoms with Crippen LogP contribution >= 0.6 is 0 Å². The van der Waals surface area contributed by atoms with E-state index in [9.17, 15) is 19.2 Å². The molecule has 8 nitrogen and oxygen atoms in total. The van der Waals surface area contributed by atoms with E-state index in [1.54, 1.807) is 24.3 Å². The molecule has 2 heterocycles. The van der Waals surface area contributed by atoms with E-state index in [1.807, 2.05) is 36.4 Å². The summed E-state index contributed by atoms with van der Waals surface area (Å²) in [6.07, 6.45) is 3.88. The van der Waals surface area contributed by atoms with Gasteiger partial charge in [-0.25, -0.2) is 0 Å². The highest BCUT2D eigenvalue weighted by Gasteiger charge is 2.32.